The maximum Gasteiger partial charge on any atom is 0.133 e. The van der Waals surface area contributed by atoms with Crippen molar-refractivity contribution in [3.05, 3.63) is 28.6 Å². The summed E-state index contributed by atoms with van der Waals surface area (Å²) < 4.78 is 0. The number of hydrogen-bond donors (Lipinski definition) is 2. The van der Waals surface area contributed by atoms with Gasteiger partial charge in [0.15, 0.2) is 0 Å². The molecule has 2 rings (SSSR count). The molecule has 0 saturated heterocycles. The van der Waals surface area contributed by atoms with Crippen LogP contribution in [0.1, 0.15) is 26.0 Å². The van der Waals surface area contributed by atoms with Crippen LogP contribution in [0.4, 0.5) is 0 Å². The van der Waals surface area contributed by atoms with Crippen molar-refractivity contribution in [1.82, 2.24) is 10.3 Å². The van der Waals surface area contributed by atoms with E-state index in [0.29, 0.717) is 5.92 Å². The molecule has 0 aliphatic carbocycles. The van der Waals surface area contributed by atoms with Gasteiger partial charge in [-0.3, -0.25) is 0 Å². The fourth-order valence-corrected chi connectivity index (χ4v) is 3.58. The summed E-state index contributed by atoms with van der Waals surface area (Å²) in [5.41, 5.74) is 1.05. The lowest BCUT2D eigenvalue weighted by molar-refractivity contribution is 0.223. The summed E-state index contributed by atoms with van der Waals surface area (Å²) in [6.07, 6.45) is 0.985. The van der Waals surface area contributed by atoms with Gasteiger partial charge in [-0.05, 0) is 23.8 Å². The van der Waals surface area contributed by atoms with E-state index >= 15 is 0 Å². The molecule has 0 fully saturated rings. The quantitative estimate of drug-likeness (QED) is 0.823. The van der Waals surface area contributed by atoms with Gasteiger partial charge in [0.25, 0.3) is 0 Å². The largest absolute Gasteiger partial charge is 0.395 e. The third-order valence-electron chi connectivity index (χ3n) is 2.83. The van der Waals surface area contributed by atoms with Crippen molar-refractivity contribution < 1.29 is 5.11 Å². The highest BCUT2D eigenvalue weighted by Gasteiger charge is 2.11. The Morgan fingerprint density at radius 1 is 1.37 bits per heavy atom. The summed E-state index contributed by atoms with van der Waals surface area (Å²) in [4.78, 5) is 5.84. The fourth-order valence-electron chi connectivity index (χ4n) is 1.94. The molecule has 0 bridgehead atoms. The van der Waals surface area contributed by atoms with E-state index in [1.165, 1.54) is 4.88 Å². The summed E-state index contributed by atoms with van der Waals surface area (Å²) in [5, 5.41) is 17.9. The van der Waals surface area contributed by atoms with Crippen LogP contribution in [-0.2, 0) is 6.54 Å². The first-order valence-corrected chi connectivity index (χ1v) is 8.27. The summed E-state index contributed by atoms with van der Waals surface area (Å²) >= 11 is 3.39. The van der Waals surface area contributed by atoms with Gasteiger partial charge in [0.2, 0.25) is 0 Å². The normalized spacial score (nSPS) is 13.1. The Bertz CT molecular complexity index is 479. The summed E-state index contributed by atoms with van der Waals surface area (Å²) in [5.74, 6) is 0.585. The number of aliphatic hydroxyl groups excluding tert-OH is 1. The number of aromatic nitrogens is 1. The molecular formula is C14H20N2OS2. The second kappa shape index (κ2) is 7.14. The van der Waals surface area contributed by atoms with Gasteiger partial charge in [-0.25, -0.2) is 4.98 Å². The summed E-state index contributed by atoms with van der Waals surface area (Å²) in [6.45, 7) is 5.24. The summed E-state index contributed by atoms with van der Waals surface area (Å²) in [6, 6.07) is 4.30. The molecule has 0 spiro atoms. The minimum absolute atomic E-state index is 0.159. The van der Waals surface area contributed by atoms with Crippen LogP contribution in [0.25, 0.3) is 9.88 Å². The highest BCUT2D eigenvalue weighted by Crippen LogP contribution is 2.27. The lowest BCUT2D eigenvalue weighted by Crippen LogP contribution is -2.33. The van der Waals surface area contributed by atoms with Crippen LogP contribution in [0.3, 0.4) is 0 Å². The Hall–Kier alpha value is -0.750. The molecule has 2 heterocycles. The van der Waals surface area contributed by atoms with E-state index < -0.39 is 0 Å². The van der Waals surface area contributed by atoms with Crippen molar-refractivity contribution >= 4 is 22.7 Å². The molecule has 0 aliphatic heterocycles. The molecule has 1 atom stereocenters. The minimum atomic E-state index is 0.159. The van der Waals surface area contributed by atoms with Gasteiger partial charge in [0.05, 0.1) is 17.2 Å². The average Bonchev–Trinajstić information content (AvgIpc) is 3.03. The number of rotatable bonds is 7. The molecule has 2 aromatic heterocycles. The molecule has 0 aromatic carbocycles. The lowest BCUT2D eigenvalue weighted by Gasteiger charge is -2.17. The van der Waals surface area contributed by atoms with Crippen molar-refractivity contribution in [3.63, 3.8) is 0 Å². The molecule has 1 unspecified atom stereocenters. The fraction of sp³-hybridized carbons (Fsp3) is 0.500. The zero-order chi connectivity index (χ0) is 13.7. The Morgan fingerprint density at radius 3 is 2.84 bits per heavy atom. The zero-order valence-electron chi connectivity index (χ0n) is 11.3. The number of thiazole rings is 1. The van der Waals surface area contributed by atoms with E-state index in [4.69, 9.17) is 0 Å². The molecule has 2 N–H and O–H groups in total. The molecule has 0 saturated carbocycles. The predicted octanol–water partition coefficient (Wildman–Crippen LogP) is 3.37. The van der Waals surface area contributed by atoms with Crippen LogP contribution in [-0.4, -0.2) is 22.7 Å². The van der Waals surface area contributed by atoms with Crippen LogP contribution >= 0.6 is 22.7 Å². The van der Waals surface area contributed by atoms with Crippen LogP contribution in [0.15, 0.2) is 22.9 Å². The third-order valence-corrected chi connectivity index (χ3v) is 4.76. The predicted molar refractivity (Wildman–Crippen MR) is 82.6 cm³/mol. The molecule has 0 amide bonds. The molecule has 5 heteroatoms. The molecule has 104 valence electrons. The van der Waals surface area contributed by atoms with Gasteiger partial charge < -0.3 is 10.4 Å². The van der Waals surface area contributed by atoms with Gasteiger partial charge in [-0.2, -0.15) is 0 Å². The monoisotopic (exact) mass is 296 g/mol. The SMILES string of the molecule is CC(C)CC(CO)NCc1csc(-c2cccs2)n1. The Kier molecular flexibility index (Phi) is 5.51. The van der Waals surface area contributed by atoms with Crippen molar-refractivity contribution in [2.45, 2.75) is 32.9 Å². The van der Waals surface area contributed by atoms with E-state index in [1.54, 1.807) is 22.7 Å². The van der Waals surface area contributed by atoms with Crippen LogP contribution < -0.4 is 5.32 Å². The van der Waals surface area contributed by atoms with Crippen LogP contribution in [0.2, 0.25) is 0 Å². The summed E-state index contributed by atoms with van der Waals surface area (Å²) in [7, 11) is 0. The molecular weight excluding hydrogens is 276 g/mol. The van der Waals surface area contributed by atoms with Crippen molar-refractivity contribution in [1.29, 1.82) is 0 Å². The minimum Gasteiger partial charge on any atom is -0.395 e. The standard InChI is InChI=1S/C14H20N2OS2/c1-10(2)6-11(8-17)15-7-12-9-19-14(16-12)13-4-3-5-18-13/h3-5,9-11,15,17H,6-8H2,1-2H3. The lowest BCUT2D eigenvalue weighted by atomic mass is 10.0. The van der Waals surface area contributed by atoms with Gasteiger partial charge in [-0.1, -0.05) is 19.9 Å². The van der Waals surface area contributed by atoms with E-state index in [2.05, 4.69) is 41.0 Å². The van der Waals surface area contributed by atoms with Gasteiger partial charge >= 0.3 is 0 Å². The molecule has 19 heavy (non-hydrogen) atoms. The highest BCUT2D eigenvalue weighted by molar-refractivity contribution is 7.20. The van der Waals surface area contributed by atoms with E-state index in [1.807, 2.05) is 6.07 Å². The first-order valence-electron chi connectivity index (χ1n) is 6.51. The van der Waals surface area contributed by atoms with E-state index in [-0.39, 0.29) is 12.6 Å². The van der Waals surface area contributed by atoms with Crippen molar-refractivity contribution in [2.75, 3.05) is 6.61 Å². The van der Waals surface area contributed by atoms with E-state index in [9.17, 15) is 5.11 Å². The second-order valence-electron chi connectivity index (χ2n) is 5.01. The number of hydrogen-bond acceptors (Lipinski definition) is 5. The van der Waals surface area contributed by atoms with Crippen molar-refractivity contribution in [3.8, 4) is 9.88 Å². The average molecular weight is 296 g/mol. The van der Waals surface area contributed by atoms with E-state index in [0.717, 1.165) is 23.7 Å². The maximum absolute atomic E-state index is 9.33. The molecule has 0 aliphatic rings. The number of nitrogens with zero attached hydrogens (tertiary/aromatic N) is 1. The second-order valence-corrected chi connectivity index (χ2v) is 6.82. The van der Waals surface area contributed by atoms with Crippen LogP contribution in [0.5, 0.6) is 0 Å². The Balaban J connectivity index is 1.89. The smallest absolute Gasteiger partial charge is 0.133 e. The van der Waals surface area contributed by atoms with Gasteiger partial charge in [0.1, 0.15) is 5.01 Å². The van der Waals surface area contributed by atoms with Crippen molar-refractivity contribution in [2.24, 2.45) is 5.92 Å². The first-order chi connectivity index (χ1) is 9.19. The zero-order valence-corrected chi connectivity index (χ0v) is 12.9. The van der Waals surface area contributed by atoms with Gasteiger partial charge in [-0.15, -0.1) is 22.7 Å². The maximum atomic E-state index is 9.33. The number of thiophene rings is 1. The third kappa shape index (κ3) is 4.38. The first kappa shape index (κ1) is 14.7. The van der Waals surface area contributed by atoms with Gasteiger partial charge in [0, 0.05) is 18.0 Å². The molecule has 2 aromatic rings. The number of nitrogens with one attached hydrogen (secondary N) is 1. The highest BCUT2D eigenvalue weighted by atomic mass is 32.1. The topological polar surface area (TPSA) is 45.1 Å². The number of aliphatic hydroxyl groups is 1. The molecule has 0 radical (unpaired) electrons. The molecule has 3 nitrogen and oxygen atoms in total. The Morgan fingerprint density at radius 2 is 2.21 bits per heavy atom. The Labute approximate surface area is 122 Å². The van der Waals surface area contributed by atoms with Crippen LogP contribution in [0, 0.1) is 5.92 Å².